The number of aromatic amines is 1. The van der Waals surface area contributed by atoms with Crippen LogP contribution in [0.5, 0.6) is 0 Å². The fourth-order valence-corrected chi connectivity index (χ4v) is 1.29. The van der Waals surface area contributed by atoms with E-state index in [0.29, 0.717) is 0 Å². The highest BCUT2D eigenvalue weighted by atomic mass is 19.2. The van der Waals surface area contributed by atoms with Gasteiger partial charge in [0.25, 0.3) is 0 Å². The van der Waals surface area contributed by atoms with Gasteiger partial charge in [0.1, 0.15) is 11.5 Å². The molecular formula is C10H5F5N4O. The summed E-state index contributed by atoms with van der Waals surface area (Å²) >= 11 is 0. The molecule has 2 aromatic rings. The Morgan fingerprint density at radius 3 is 2.00 bits per heavy atom. The molecule has 1 heterocycles. The summed E-state index contributed by atoms with van der Waals surface area (Å²) in [5.41, 5.74) is 1.82. The molecule has 0 atom stereocenters. The molecule has 2 rings (SSSR count). The number of hydrogen-bond acceptors (Lipinski definition) is 4. The Balaban J connectivity index is 2.33. The van der Waals surface area contributed by atoms with Gasteiger partial charge in [-0.15, -0.1) is 0 Å². The first-order chi connectivity index (χ1) is 9.41. The van der Waals surface area contributed by atoms with Crippen LogP contribution in [0.25, 0.3) is 0 Å². The van der Waals surface area contributed by atoms with Gasteiger partial charge in [-0.05, 0) is 6.07 Å². The molecule has 0 amide bonds. The average Bonchev–Trinajstić information content (AvgIpc) is 2.43. The summed E-state index contributed by atoms with van der Waals surface area (Å²) in [5.74, 6) is -10.6. The van der Waals surface area contributed by atoms with Gasteiger partial charge >= 0.3 is 5.69 Å². The van der Waals surface area contributed by atoms with E-state index in [2.05, 4.69) is 15.4 Å². The molecule has 0 unspecified atom stereocenters. The molecule has 0 fully saturated rings. The van der Waals surface area contributed by atoms with Crippen molar-refractivity contribution in [2.75, 3.05) is 10.9 Å². The molecule has 0 aliphatic heterocycles. The van der Waals surface area contributed by atoms with E-state index in [1.165, 1.54) is 6.07 Å². The van der Waals surface area contributed by atoms with Gasteiger partial charge in [-0.1, -0.05) is 0 Å². The number of benzene rings is 1. The van der Waals surface area contributed by atoms with Crippen molar-refractivity contribution in [3.63, 3.8) is 0 Å². The third-order valence-corrected chi connectivity index (χ3v) is 2.21. The number of nitrogens with zero attached hydrogens (tertiary/aromatic N) is 1. The molecule has 0 aliphatic carbocycles. The third kappa shape index (κ3) is 2.39. The van der Waals surface area contributed by atoms with Crippen LogP contribution < -0.4 is 16.5 Å². The van der Waals surface area contributed by atoms with Crippen LogP contribution in [0.3, 0.4) is 0 Å². The van der Waals surface area contributed by atoms with Crippen LogP contribution in [0.4, 0.5) is 33.5 Å². The molecule has 0 bridgehead atoms. The SMILES string of the molecule is O=c1nccc(NNc2c(F)c(F)c(F)c(F)c2F)[nH]1. The Hall–Kier alpha value is -2.65. The Kier molecular flexibility index (Phi) is 3.55. The summed E-state index contributed by atoms with van der Waals surface area (Å²) in [7, 11) is 0. The number of halogens is 5. The van der Waals surface area contributed by atoms with Crippen molar-refractivity contribution in [1.29, 1.82) is 0 Å². The van der Waals surface area contributed by atoms with Crippen LogP contribution in [0.1, 0.15) is 0 Å². The maximum absolute atomic E-state index is 13.3. The number of H-pyrrole nitrogens is 1. The topological polar surface area (TPSA) is 69.8 Å². The Labute approximate surface area is 107 Å². The second kappa shape index (κ2) is 5.15. The maximum atomic E-state index is 13.3. The van der Waals surface area contributed by atoms with Crippen LogP contribution >= 0.6 is 0 Å². The van der Waals surface area contributed by atoms with Gasteiger partial charge in [-0.3, -0.25) is 15.8 Å². The Morgan fingerprint density at radius 1 is 0.900 bits per heavy atom. The lowest BCUT2D eigenvalue weighted by Gasteiger charge is -2.12. The van der Waals surface area contributed by atoms with E-state index in [1.54, 1.807) is 5.43 Å². The van der Waals surface area contributed by atoms with Gasteiger partial charge in [-0.2, -0.15) is 0 Å². The summed E-state index contributed by atoms with van der Waals surface area (Å²) in [5, 5.41) is 0. The lowest BCUT2D eigenvalue weighted by Crippen LogP contribution is -2.19. The van der Waals surface area contributed by atoms with Gasteiger partial charge in [-0.25, -0.2) is 31.7 Å². The molecule has 0 aliphatic rings. The minimum Gasteiger partial charge on any atom is -0.294 e. The van der Waals surface area contributed by atoms with Crippen LogP contribution in [0.15, 0.2) is 17.1 Å². The standard InChI is InChI=1S/C10H5F5N4O/c11-4-5(12)7(14)9(8(15)6(4)13)19-18-3-1-2-16-10(20)17-3/h1-2,19H,(H2,16,17,18,20). The lowest BCUT2D eigenvalue weighted by atomic mass is 10.2. The summed E-state index contributed by atoms with van der Waals surface area (Å²) in [6, 6.07) is 1.19. The van der Waals surface area contributed by atoms with Crippen molar-refractivity contribution in [3.05, 3.63) is 51.8 Å². The molecule has 3 N–H and O–H groups in total. The fraction of sp³-hybridized carbons (Fsp3) is 0. The van der Waals surface area contributed by atoms with Gasteiger partial charge in [0.05, 0.1) is 0 Å². The smallest absolute Gasteiger partial charge is 0.294 e. The molecule has 0 saturated carbocycles. The third-order valence-electron chi connectivity index (χ3n) is 2.21. The monoisotopic (exact) mass is 292 g/mol. The molecule has 10 heteroatoms. The summed E-state index contributed by atoms with van der Waals surface area (Å²) in [6.07, 6.45) is 1.07. The van der Waals surface area contributed by atoms with Gasteiger partial charge in [0, 0.05) is 6.20 Å². The summed E-state index contributed by atoms with van der Waals surface area (Å²) < 4.78 is 65.1. The van der Waals surface area contributed by atoms with Gasteiger partial charge < -0.3 is 0 Å². The van der Waals surface area contributed by atoms with Crippen LogP contribution in [-0.2, 0) is 0 Å². The molecule has 1 aromatic carbocycles. The summed E-state index contributed by atoms with van der Waals surface area (Å²) in [4.78, 5) is 16.2. The summed E-state index contributed by atoms with van der Waals surface area (Å²) in [6.45, 7) is 0. The average molecular weight is 292 g/mol. The number of rotatable bonds is 3. The fourth-order valence-electron chi connectivity index (χ4n) is 1.29. The normalized spacial score (nSPS) is 10.4. The van der Waals surface area contributed by atoms with Crippen LogP contribution in [0.2, 0.25) is 0 Å². The number of nitrogens with one attached hydrogen (secondary N) is 3. The highest BCUT2D eigenvalue weighted by molar-refractivity contribution is 5.52. The predicted octanol–water partition coefficient (Wildman–Crippen LogP) is 1.90. The highest BCUT2D eigenvalue weighted by Gasteiger charge is 2.25. The number of aromatic nitrogens is 2. The number of hydrogen-bond donors (Lipinski definition) is 3. The predicted molar refractivity (Wildman–Crippen MR) is 58.3 cm³/mol. The van der Waals surface area contributed by atoms with E-state index in [4.69, 9.17) is 0 Å². The van der Waals surface area contributed by atoms with E-state index in [1.807, 2.05) is 0 Å². The van der Waals surface area contributed by atoms with Crippen molar-refractivity contribution < 1.29 is 22.0 Å². The second-order valence-electron chi connectivity index (χ2n) is 3.48. The zero-order valence-electron chi connectivity index (χ0n) is 9.40. The van der Waals surface area contributed by atoms with Crippen LogP contribution in [-0.4, -0.2) is 9.97 Å². The van der Waals surface area contributed by atoms with Crippen molar-refractivity contribution >= 4 is 11.5 Å². The molecule has 5 nitrogen and oxygen atoms in total. The molecule has 0 spiro atoms. The first-order valence-electron chi connectivity index (χ1n) is 5.00. The van der Waals surface area contributed by atoms with E-state index in [9.17, 15) is 26.7 Å². The Bertz CT molecular complexity index is 688. The van der Waals surface area contributed by atoms with Crippen molar-refractivity contribution in [3.8, 4) is 0 Å². The Morgan fingerprint density at radius 2 is 1.45 bits per heavy atom. The molecule has 0 radical (unpaired) electrons. The van der Waals surface area contributed by atoms with E-state index in [-0.39, 0.29) is 5.82 Å². The quantitative estimate of drug-likeness (QED) is 0.350. The van der Waals surface area contributed by atoms with Crippen molar-refractivity contribution in [2.24, 2.45) is 0 Å². The largest absolute Gasteiger partial charge is 0.346 e. The lowest BCUT2D eigenvalue weighted by molar-refractivity contribution is 0.381. The number of anilines is 2. The van der Waals surface area contributed by atoms with E-state index >= 15 is 0 Å². The molecule has 1 aromatic heterocycles. The number of hydrazine groups is 1. The van der Waals surface area contributed by atoms with Gasteiger partial charge in [0.2, 0.25) is 5.82 Å². The first-order valence-corrected chi connectivity index (χ1v) is 5.00. The molecule has 0 saturated heterocycles. The second-order valence-corrected chi connectivity index (χ2v) is 3.48. The van der Waals surface area contributed by atoms with E-state index < -0.39 is 40.5 Å². The maximum Gasteiger partial charge on any atom is 0.346 e. The zero-order chi connectivity index (χ0) is 14.9. The van der Waals surface area contributed by atoms with Crippen LogP contribution in [0, 0.1) is 29.1 Å². The molecule has 20 heavy (non-hydrogen) atoms. The minimum absolute atomic E-state index is 0.0889. The first kappa shape index (κ1) is 13.8. The van der Waals surface area contributed by atoms with Crippen molar-refractivity contribution in [2.45, 2.75) is 0 Å². The van der Waals surface area contributed by atoms with E-state index in [0.717, 1.165) is 6.20 Å². The van der Waals surface area contributed by atoms with Gasteiger partial charge in [0.15, 0.2) is 23.3 Å². The molecule has 106 valence electrons. The highest BCUT2D eigenvalue weighted by Crippen LogP contribution is 2.26. The minimum atomic E-state index is -2.26. The zero-order valence-corrected chi connectivity index (χ0v) is 9.40. The van der Waals surface area contributed by atoms with Crippen molar-refractivity contribution in [1.82, 2.24) is 9.97 Å². The molecular weight excluding hydrogens is 287 g/mol.